The Kier molecular flexibility index (Phi) is 7.15. The molecule has 2 heteroatoms. The largest absolute Gasteiger partial charge is 0.310 e. The van der Waals surface area contributed by atoms with E-state index in [-0.39, 0.29) is 0 Å². The minimum absolute atomic E-state index is 0.431. The lowest BCUT2D eigenvalue weighted by atomic mass is 9.70. The van der Waals surface area contributed by atoms with Crippen LogP contribution in [0.25, 0.3) is 70.7 Å². The first-order valence-corrected chi connectivity index (χ1v) is 20.9. The minimum Gasteiger partial charge on any atom is -0.310 e. The number of anilines is 3. The van der Waals surface area contributed by atoms with Gasteiger partial charge in [0.2, 0.25) is 0 Å². The van der Waals surface area contributed by atoms with Gasteiger partial charge in [0.25, 0.3) is 0 Å². The van der Waals surface area contributed by atoms with Gasteiger partial charge in [-0.15, -0.1) is 11.3 Å². The molecule has 0 radical (unpaired) electrons. The normalized spacial score (nSPS) is 13.4. The van der Waals surface area contributed by atoms with Gasteiger partial charge in [0, 0.05) is 26.5 Å². The van der Waals surface area contributed by atoms with Crippen LogP contribution in [0.5, 0.6) is 0 Å². The molecule has 272 valence electrons. The van der Waals surface area contributed by atoms with Gasteiger partial charge in [-0.05, 0) is 132 Å². The summed E-state index contributed by atoms with van der Waals surface area (Å²) in [5.41, 5.74) is 14.9. The Morgan fingerprint density at radius 3 is 1.62 bits per heavy atom. The fourth-order valence-electron chi connectivity index (χ4n) is 10.5. The number of aryl methyl sites for hydroxylation is 1. The molecule has 0 unspecified atom stereocenters. The van der Waals surface area contributed by atoms with Crippen LogP contribution >= 0.6 is 11.3 Å². The summed E-state index contributed by atoms with van der Waals surface area (Å²) in [5.74, 6) is 0. The zero-order chi connectivity index (χ0) is 38.5. The van der Waals surface area contributed by atoms with Crippen molar-refractivity contribution < 1.29 is 0 Å². The fourth-order valence-corrected chi connectivity index (χ4v) is 11.6. The maximum Gasteiger partial charge on any atom is 0.0726 e. The van der Waals surface area contributed by atoms with Crippen LogP contribution in [0.1, 0.15) is 32.7 Å². The minimum atomic E-state index is -0.431. The SMILES string of the molecule is C=C/C=C\c1sc2ccc(N(c3ccc4c5ccccc5c5ccccc5c4c3)c3cccc4c3-c3ccccc3C43c4ccccc4-c4ccccc43)cc2c1C. The smallest absolute Gasteiger partial charge is 0.0726 e. The van der Waals surface area contributed by atoms with E-state index in [1.54, 1.807) is 0 Å². The number of thiophene rings is 1. The lowest BCUT2D eigenvalue weighted by Gasteiger charge is -2.32. The standard InChI is InChI=1S/C56H37NS/c1-3-4-28-53-35(2)46-33-37(30-32-54(46)58-53)57(36-29-31-42-40-18-6-5-16-38(40)39-17-7-8-19-41(39)47(42)34-36)52-27-15-26-51-55(52)45-22-11-14-25-50(45)56(51)48-23-12-9-20-43(48)44-21-10-13-24-49(44)56/h3-34H,1H2,2H3/b28-4-. The van der Waals surface area contributed by atoms with E-state index >= 15 is 0 Å². The quantitative estimate of drug-likeness (QED) is 0.125. The van der Waals surface area contributed by atoms with Gasteiger partial charge in [-0.25, -0.2) is 0 Å². The van der Waals surface area contributed by atoms with Gasteiger partial charge >= 0.3 is 0 Å². The maximum atomic E-state index is 3.93. The molecular weight excluding hydrogens is 719 g/mol. The number of fused-ring (bicyclic) bond motifs is 17. The molecule has 10 aromatic rings. The Hall–Kier alpha value is -7.00. The first-order chi connectivity index (χ1) is 28.7. The third kappa shape index (κ3) is 4.41. The van der Waals surface area contributed by atoms with Crippen LogP contribution in [0.4, 0.5) is 17.1 Å². The number of hydrogen-bond donors (Lipinski definition) is 0. The van der Waals surface area contributed by atoms with E-state index in [1.165, 1.54) is 103 Å². The molecule has 0 saturated heterocycles. The summed E-state index contributed by atoms with van der Waals surface area (Å²) in [6.07, 6.45) is 6.07. The summed E-state index contributed by atoms with van der Waals surface area (Å²) in [6.45, 7) is 6.18. The van der Waals surface area contributed by atoms with Crippen molar-refractivity contribution in [3.05, 3.63) is 227 Å². The molecule has 58 heavy (non-hydrogen) atoms. The van der Waals surface area contributed by atoms with Crippen LogP contribution in [0.2, 0.25) is 0 Å². The molecule has 0 aliphatic heterocycles. The fraction of sp³-hybridized carbons (Fsp3) is 0.0357. The number of rotatable bonds is 5. The Bertz CT molecular complexity index is 3320. The predicted molar refractivity (Wildman–Crippen MR) is 249 cm³/mol. The summed E-state index contributed by atoms with van der Waals surface area (Å²) in [4.78, 5) is 3.79. The molecule has 0 fully saturated rings. The second kappa shape index (κ2) is 12.5. The summed E-state index contributed by atoms with van der Waals surface area (Å²) in [5, 5.41) is 8.90. The van der Waals surface area contributed by atoms with Crippen LogP contribution in [-0.2, 0) is 5.41 Å². The zero-order valence-corrected chi connectivity index (χ0v) is 32.9. The molecule has 0 bridgehead atoms. The number of nitrogens with zero attached hydrogens (tertiary/aromatic N) is 1. The van der Waals surface area contributed by atoms with Crippen LogP contribution in [0.3, 0.4) is 0 Å². The Balaban J connectivity index is 1.18. The van der Waals surface area contributed by atoms with Crippen molar-refractivity contribution in [1.29, 1.82) is 0 Å². The molecule has 2 aliphatic carbocycles. The Labute approximate surface area is 342 Å². The third-order valence-electron chi connectivity index (χ3n) is 12.8. The van der Waals surface area contributed by atoms with Crippen LogP contribution in [-0.4, -0.2) is 0 Å². The Morgan fingerprint density at radius 2 is 0.983 bits per heavy atom. The monoisotopic (exact) mass is 755 g/mol. The molecule has 0 atom stereocenters. The highest BCUT2D eigenvalue weighted by Gasteiger charge is 2.52. The van der Waals surface area contributed by atoms with E-state index in [4.69, 9.17) is 0 Å². The van der Waals surface area contributed by atoms with E-state index in [9.17, 15) is 0 Å². The topological polar surface area (TPSA) is 3.24 Å². The number of hydrogen-bond acceptors (Lipinski definition) is 2. The lowest BCUT2D eigenvalue weighted by Crippen LogP contribution is -2.26. The zero-order valence-electron chi connectivity index (χ0n) is 32.0. The van der Waals surface area contributed by atoms with Gasteiger partial charge in [0.15, 0.2) is 0 Å². The van der Waals surface area contributed by atoms with E-state index in [0.29, 0.717) is 0 Å². The molecule has 1 aromatic heterocycles. The van der Waals surface area contributed by atoms with Crippen molar-refractivity contribution >= 4 is 76.9 Å². The molecule has 9 aromatic carbocycles. The predicted octanol–water partition coefficient (Wildman–Crippen LogP) is 15.7. The molecule has 2 aliphatic rings. The highest BCUT2D eigenvalue weighted by atomic mass is 32.1. The third-order valence-corrected chi connectivity index (χ3v) is 14.1. The van der Waals surface area contributed by atoms with Crippen LogP contribution < -0.4 is 4.90 Å². The molecule has 0 N–H and O–H groups in total. The second-order valence-electron chi connectivity index (χ2n) is 15.6. The summed E-state index contributed by atoms with van der Waals surface area (Å²) in [7, 11) is 0. The maximum absolute atomic E-state index is 3.93. The number of allylic oxidation sites excluding steroid dienone is 2. The van der Waals surface area contributed by atoms with Gasteiger partial charge in [-0.3, -0.25) is 0 Å². The Morgan fingerprint density at radius 1 is 0.483 bits per heavy atom. The second-order valence-corrected chi connectivity index (χ2v) is 16.7. The first kappa shape index (κ1) is 33.2. The van der Waals surface area contributed by atoms with Crippen molar-refractivity contribution in [3.63, 3.8) is 0 Å². The van der Waals surface area contributed by atoms with Crippen LogP contribution in [0.15, 0.2) is 195 Å². The van der Waals surface area contributed by atoms with Gasteiger partial charge in [0.05, 0.1) is 11.1 Å². The van der Waals surface area contributed by atoms with E-state index in [1.807, 2.05) is 23.5 Å². The molecule has 12 rings (SSSR count). The molecule has 1 heterocycles. The van der Waals surface area contributed by atoms with Crippen molar-refractivity contribution in [2.75, 3.05) is 4.90 Å². The van der Waals surface area contributed by atoms with Gasteiger partial charge < -0.3 is 4.90 Å². The number of benzene rings is 9. The first-order valence-electron chi connectivity index (χ1n) is 20.0. The van der Waals surface area contributed by atoms with E-state index in [0.717, 1.165) is 11.4 Å². The van der Waals surface area contributed by atoms with Crippen molar-refractivity contribution in [3.8, 4) is 22.3 Å². The van der Waals surface area contributed by atoms with Gasteiger partial charge in [-0.1, -0.05) is 158 Å². The van der Waals surface area contributed by atoms with E-state index in [2.05, 4.69) is 200 Å². The van der Waals surface area contributed by atoms with Crippen molar-refractivity contribution in [2.24, 2.45) is 0 Å². The lowest BCUT2D eigenvalue weighted by molar-refractivity contribution is 0.794. The summed E-state index contributed by atoms with van der Waals surface area (Å²) in [6, 6.07) is 66.2. The van der Waals surface area contributed by atoms with Crippen molar-refractivity contribution in [1.82, 2.24) is 0 Å². The average molecular weight is 756 g/mol. The van der Waals surface area contributed by atoms with Gasteiger partial charge in [0.1, 0.15) is 0 Å². The molecule has 0 amide bonds. The van der Waals surface area contributed by atoms with Crippen molar-refractivity contribution in [2.45, 2.75) is 12.3 Å². The summed E-state index contributed by atoms with van der Waals surface area (Å²) < 4.78 is 1.28. The molecule has 1 spiro atoms. The average Bonchev–Trinajstić information content (AvgIpc) is 3.89. The molecular formula is C56H37NS. The molecule has 0 saturated carbocycles. The highest BCUT2D eigenvalue weighted by Crippen LogP contribution is 2.64. The van der Waals surface area contributed by atoms with E-state index < -0.39 is 5.41 Å². The van der Waals surface area contributed by atoms with Crippen LogP contribution in [0, 0.1) is 6.92 Å². The van der Waals surface area contributed by atoms with Gasteiger partial charge in [-0.2, -0.15) is 0 Å². The summed E-state index contributed by atoms with van der Waals surface area (Å²) >= 11 is 1.84. The highest BCUT2D eigenvalue weighted by molar-refractivity contribution is 7.20. The molecule has 1 nitrogen and oxygen atoms in total.